The second-order valence-corrected chi connectivity index (χ2v) is 13.4. The van der Waals surface area contributed by atoms with E-state index in [4.69, 9.17) is 0 Å². The predicted octanol–water partition coefficient (Wildman–Crippen LogP) is 13.0. The highest BCUT2D eigenvalue weighted by Gasteiger charge is 2.40. The first-order valence-electron chi connectivity index (χ1n) is 16.8. The molecule has 0 amide bonds. The molecule has 0 bridgehead atoms. The minimum atomic E-state index is -0.203. The first-order valence-corrected chi connectivity index (χ1v) is 16.8. The molecule has 0 nitrogen and oxygen atoms in total. The van der Waals surface area contributed by atoms with Crippen LogP contribution in [0, 0.1) is 0 Å². The molecule has 9 aromatic carbocycles. The lowest BCUT2D eigenvalue weighted by Crippen LogP contribution is -2.22. The standard InChI is InChI=1S/C48H32/c1-48(38-13-3-2-4-14-38)45-18-10-9-17-41(45)44-28-35-24-23-34(27-37(35)30-46(44)48)31-19-21-33(22-20-31)47-40-16-8-6-12-36(40)29-43-39-15-7-5-11-32(39)25-26-42(43)47/h2-30H,1H3. The molecule has 10 rings (SSSR count). The third-order valence-electron chi connectivity index (χ3n) is 10.9. The van der Waals surface area contributed by atoms with Crippen LogP contribution in [-0.2, 0) is 5.41 Å². The molecule has 0 N–H and O–H groups in total. The van der Waals surface area contributed by atoms with E-state index in [1.807, 2.05) is 0 Å². The highest BCUT2D eigenvalue weighted by atomic mass is 14.4. The molecule has 48 heavy (non-hydrogen) atoms. The lowest BCUT2D eigenvalue weighted by molar-refractivity contribution is 0.715. The number of hydrogen-bond donors (Lipinski definition) is 0. The van der Waals surface area contributed by atoms with Crippen molar-refractivity contribution >= 4 is 43.1 Å². The van der Waals surface area contributed by atoms with E-state index in [2.05, 4.69) is 183 Å². The zero-order chi connectivity index (χ0) is 31.8. The van der Waals surface area contributed by atoms with Crippen LogP contribution in [0.3, 0.4) is 0 Å². The summed E-state index contributed by atoms with van der Waals surface area (Å²) in [5, 5.41) is 10.3. The molecule has 0 saturated carbocycles. The van der Waals surface area contributed by atoms with Gasteiger partial charge in [0.15, 0.2) is 0 Å². The van der Waals surface area contributed by atoms with E-state index in [1.165, 1.54) is 93.2 Å². The van der Waals surface area contributed by atoms with Crippen molar-refractivity contribution in [1.29, 1.82) is 0 Å². The molecular weight excluding hydrogens is 577 g/mol. The Morgan fingerprint density at radius 1 is 0.333 bits per heavy atom. The second-order valence-electron chi connectivity index (χ2n) is 13.4. The van der Waals surface area contributed by atoms with Gasteiger partial charge in [0, 0.05) is 5.41 Å². The molecule has 1 atom stereocenters. The average Bonchev–Trinajstić information content (AvgIpc) is 3.41. The minimum Gasteiger partial charge on any atom is -0.0622 e. The zero-order valence-corrected chi connectivity index (χ0v) is 26.7. The summed E-state index contributed by atoms with van der Waals surface area (Å²) in [5.74, 6) is 0. The SMILES string of the molecule is CC1(c2ccccc2)c2ccccc2-c2cc3ccc(-c4ccc(-c5c6ccccc6cc6c5ccc5ccccc56)cc4)cc3cc21. The summed E-state index contributed by atoms with van der Waals surface area (Å²) in [6.07, 6.45) is 0. The van der Waals surface area contributed by atoms with Gasteiger partial charge in [-0.25, -0.2) is 0 Å². The smallest absolute Gasteiger partial charge is 0.0435 e. The predicted molar refractivity (Wildman–Crippen MR) is 205 cm³/mol. The Bertz CT molecular complexity index is 2720. The van der Waals surface area contributed by atoms with Crippen LogP contribution >= 0.6 is 0 Å². The van der Waals surface area contributed by atoms with Crippen molar-refractivity contribution in [2.24, 2.45) is 0 Å². The Labute approximate surface area is 280 Å². The van der Waals surface area contributed by atoms with Crippen LogP contribution in [0.15, 0.2) is 176 Å². The maximum Gasteiger partial charge on any atom is 0.0435 e. The fourth-order valence-electron chi connectivity index (χ4n) is 8.46. The summed E-state index contributed by atoms with van der Waals surface area (Å²) in [6.45, 7) is 2.39. The quantitative estimate of drug-likeness (QED) is 0.138. The van der Waals surface area contributed by atoms with Gasteiger partial charge in [0.25, 0.3) is 0 Å². The van der Waals surface area contributed by atoms with Crippen molar-refractivity contribution < 1.29 is 0 Å². The Morgan fingerprint density at radius 3 is 1.85 bits per heavy atom. The summed E-state index contributed by atoms with van der Waals surface area (Å²) < 4.78 is 0. The highest BCUT2D eigenvalue weighted by Crippen LogP contribution is 2.53. The van der Waals surface area contributed by atoms with Crippen molar-refractivity contribution in [2.75, 3.05) is 0 Å². The first-order chi connectivity index (χ1) is 23.7. The number of hydrogen-bond acceptors (Lipinski definition) is 0. The molecule has 224 valence electrons. The third-order valence-corrected chi connectivity index (χ3v) is 10.9. The van der Waals surface area contributed by atoms with Crippen LogP contribution in [-0.4, -0.2) is 0 Å². The molecule has 0 spiro atoms. The lowest BCUT2D eigenvalue weighted by Gasteiger charge is -2.28. The van der Waals surface area contributed by atoms with E-state index in [-0.39, 0.29) is 5.41 Å². The summed E-state index contributed by atoms with van der Waals surface area (Å²) in [7, 11) is 0. The van der Waals surface area contributed by atoms with E-state index in [1.54, 1.807) is 0 Å². The van der Waals surface area contributed by atoms with Gasteiger partial charge in [-0.15, -0.1) is 0 Å². The van der Waals surface area contributed by atoms with Gasteiger partial charge in [-0.1, -0.05) is 152 Å². The summed E-state index contributed by atoms with van der Waals surface area (Å²) >= 11 is 0. The van der Waals surface area contributed by atoms with Crippen LogP contribution in [0.25, 0.3) is 76.5 Å². The molecule has 0 radical (unpaired) electrons. The van der Waals surface area contributed by atoms with E-state index in [0.29, 0.717) is 0 Å². The van der Waals surface area contributed by atoms with Crippen molar-refractivity contribution in [2.45, 2.75) is 12.3 Å². The largest absolute Gasteiger partial charge is 0.0622 e. The Balaban J connectivity index is 1.10. The fourth-order valence-corrected chi connectivity index (χ4v) is 8.46. The van der Waals surface area contributed by atoms with Gasteiger partial charge in [0.05, 0.1) is 0 Å². The molecule has 0 fully saturated rings. The van der Waals surface area contributed by atoms with Crippen LogP contribution in [0.2, 0.25) is 0 Å². The summed E-state index contributed by atoms with van der Waals surface area (Å²) in [5.41, 5.74) is 11.6. The number of rotatable bonds is 3. The third kappa shape index (κ3) is 3.90. The molecule has 1 unspecified atom stereocenters. The summed E-state index contributed by atoms with van der Waals surface area (Å²) in [6, 6.07) is 65.3. The van der Waals surface area contributed by atoms with Gasteiger partial charge in [0.1, 0.15) is 0 Å². The van der Waals surface area contributed by atoms with Crippen LogP contribution < -0.4 is 0 Å². The van der Waals surface area contributed by atoms with Gasteiger partial charge in [-0.2, -0.15) is 0 Å². The molecule has 0 saturated heterocycles. The molecule has 0 heteroatoms. The minimum absolute atomic E-state index is 0.203. The van der Waals surface area contributed by atoms with Crippen molar-refractivity contribution in [3.05, 3.63) is 193 Å². The molecular formula is C48H32. The normalized spacial score (nSPS) is 15.3. The van der Waals surface area contributed by atoms with Gasteiger partial charge >= 0.3 is 0 Å². The molecule has 9 aromatic rings. The average molecular weight is 609 g/mol. The van der Waals surface area contributed by atoms with Gasteiger partial charge < -0.3 is 0 Å². The molecule has 1 aliphatic carbocycles. The maximum atomic E-state index is 2.45. The van der Waals surface area contributed by atoms with E-state index in [9.17, 15) is 0 Å². The molecule has 1 aliphatic rings. The Kier molecular flexibility index (Phi) is 5.81. The lowest BCUT2D eigenvalue weighted by atomic mass is 9.74. The maximum absolute atomic E-state index is 2.45. The van der Waals surface area contributed by atoms with E-state index >= 15 is 0 Å². The van der Waals surface area contributed by atoms with E-state index < -0.39 is 0 Å². The molecule has 0 aliphatic heterocycles. The van der Waals surface area contributed by atoms with Gasteiger partial charge in [0.2, 0.25) is 0 Å². The molecule has 0 heterocycles. The molecule has 0 aromatic heterocycles. The van der Waals surface area contributed by atoms with Crippen LogP contribution in [0.4, 0.5) is 0 Å². The highest BCUT2D eigenvalue weighted by molar-refractivity contribution is 6.20. The Morgan fingerprint density at radius 2 is 1.00 bits per heavy atom. The summed E-state index contributed by atoms with van der Waals surface area (Å²) in [4.78, 5) is 0. The van der Waals surface area contributed by atoms with Crippen LogP contribution in [0.5, 0.6) is 0 Å². The van der Waals surface area contributed by atoms with Crippen molar-refractivity contribution in [3.8, 4) is 33.4 Å². The van der Waals surface area contributed by atoms with Crippen LogP contribution in [0.1, 0.15) is 23.6 Å². The topological polar surface area (TPSA) is 0 Å². The second kappa shape index (κ2) is 10.3. The van der Waals surface area contributed by atoms with Crippen molar-refractivity contribution in [1.82, 2.24) is 0 Å². The number of benzene rings is 9. The van der Waals surface area contributed by atoms with Gasteiger partial charge in [-0.05, 0) is 124 Å². The van der Waals surface area contributed by atoms with Gasteiger partial charge in [-0.3, -0.25) is 0 Å². The fraction of sp³-hybridized carbons (Fsp3) is 0.0417. The monoisotopic (exact) mass is 608 g/mol. The van der Waals surface area contributed by atoms with Crippen molar-refractivity contribution in [3.63, 3.8) is 0 Å². The zero-order valence-electron chi connectivity index (χ0n) is 26.7. The number of fused-ring (bicyclic) bond motifs is 8. The Hall–Kier alpha value is -5.98. The first kappa shape index (κ1) is 27.2. The van der Waals surface area contributed by atoms with E-state index in [0.717, 1.165) is 0 Å².